The molecule has 1 fully saturated rings. The molecule has 5 rings (SSSR count). The van der Waals surface area contributed by atoms with E-state index in [1.54, 1.807) is 23.0 Å². The minimum Gasteiger partial charge on any atom is -0.396 e. The standard InChI is InChI=1S/C26H25ClFN7O/c1-15(8-9-36)31-24-17(12-29)13-30-26-21(24)10-19(11-22(26)27)32-25(16-2-4-18(28)5-3-16)23-14-35(34-33-23)20-6-7-20/h2-5,10-11,13-15,20,25,32,36H,6-9H2,1H3,(H,30,31)/i25D. The number of rotatable bonds is 9. The Morgan fingerprint density at radius 1 is 1.31 bits per heavy atom. The normalized spacial score (nSPS) is 16.1. The van der Waals surface area contributed by atoms with Gasteiger partial charge in [-0.15, -0.1) is 5.10 Å². The first kappa shape index (κ1) is 22.7. The van der Waals surface area contributed by atoms with Crippen molar-refractivity contribution >= 4 is 33.9 Å². The molecule has 36 heavy (non-hydrogen) atoms. The zero-order chi connectivity index (χ0) is 26.2. The van der Waals surface area contributed by atoms with E-state index in [4.69, 9.17) is 11.6 Å². The number of aliphatic hydroxyl groups is 1. The molecule has 8 nitrogen and oxygen atoms in total. The Bertz CT molecular complexity index is 1490. The minimum absolute atomic E-state index is 0.00674. The Labute approximate surface area is 214 Å². The molecule has 2 heterocycles. The monoisotopic (exact) mass is 506 g/mol. The van der Waals surface area contributed by atoms with Crippen LogP contribution in [0.3, 0.4) is 0 Å². The van der Waals surface area contributed by atoms with E-state index in [9.17, 15) is 16.1 Å². The van der Waals surface area contributed by atoms with E-state index in [1.165, 1.54) is 30.5 Å². The highest BCUT2D eigenvalue weighted by Crippen LogP contribution is 2.37. The zero-order valence-electron chi connectivity index (χ0n) is 20.5. The van der Waals surface area contributed by atoms with Crippen LogP contribution >= 0.6 is 11.6 Å². The van der Waals surface area contributed by atoms with E-state index in [0.717, 1.165) is 12.8 Å². The van der Waals surface area contributed by atoms with Crippen molar-refractivity contribution in [1.82, 2.24) is 20.0 Å². The molecule has 0 bridgehead atoms. The van der Waals surface area contributed by atoms with Crippen LogP contribution in [-0.2, 0) is 0 Å². The van der Waals surface area contributed by atoms with Crippen LogP contribution in [0.5, 0.6) is 0 Å². The molecule has 2 aromatic carbocycles. The van der Waals surface area contributed by atoms with Crippen molar-refractivity contribution in [2.24, 2.45) is 0 Å². The molecular formula is C26H25ClFN7O. The topological polar surface area (TPSA) is 112 Å². The number of hydrogen-bond donors (Lipinski definition) is 3. The van der Waals surface area contributed by atoms with Gasteiger partial charge in [0, 0.05) is 29.9 Å². The first-order chi connectivity index (χ1) is 17.8. The number of nitriles is 1. The van der Waals surface area contributed by atoms with Crippen LogP contribution in [0.2, 0.25) is 5.02 Å². The second-order valence-electron chi connectivity index (χ2n) is 8.89. The lowest BCUT2D eigenvalue weighted by Gasteiger charge is -2.21. The lowest BCUT2D eigenvalue weighted by molar-refractivity contribution is 0.282. The number of nitrogens with zero attached hydrogens (tertiary/aromatic N) is 5. The highest BCUT2D eigenvalue weighted by atomic mass is 35.5. The summed E-state index contributed by atoms with van der Waals surface area (Å²) in [7, 11) is 0. The molecule has 10 heteroatoms. The molecular weight excluding hydrogens is 481 g/mol. The summed E-state index contributed by atoms with van der Waals surface area (Å²) in [5.41, 5.74) is 2.65. The highest BCUT2D eigenvalue weighted by Gasteiger charge is 2.27. The van der Waals surface area contributed by atoms with Crippen LogP contribution in [0.4, 0.5) is 15.8 Å². The molecule has 1 aliphatic carbocycles. The maximum atomic E-state index is 13.7. The number of fused-ring (bicyclic) bond motifs is 1. The SMILES string of the molecule is [2H]C(Nc1cc(Cl)c2ncc(C#N)c(NC(C)CCO)c2c1)(c1ccc(F)cc1)c1cn(C2CC2)nn1. The third-order valence-corrected chi connectivity index (χ3v) is 6.38. The maximum Gasteiger partial charge on any atom is 0.123 e. The number of nitrogens with one attached hydrogen (secondary N) is 2. The lowest BCUT2D eigenvalue weighted by atomic mass is 10.0. The summed E-state index contributed by atoms with van der Waals surface area (Å²) in [5, 5.41) is 35.0. The van der Waals surface area contributed by atoms with Crippen molar-refractivity contribution in [3.8, 4) is 6.07 Å². The third-order valence-electron chi connectivity index (χ3n) is 6.09. The zero-order valence-corrected chi connectivity index (χ0v) is 20.3. The Hall–Kier alpha value is -3.74. The van der Waals surface area contributed by atoms with Gasteiger partial charge >= 0.3 is 0 Å². The van der Waals surface area contributed by atoms with Gasteiger partial charge in [-0.3, -0.25) is 4.98 Å². The Kier molecular flexibility index (Phi) is 6.36. The molecule has 1 saturated carbocycles. The molecule has 0 spiro atoms. The van der Waals surface area contributed by atoms with Gasteiger partial charge < -0.3 is 15.7 Å². The van der Waals surface area contributed by atoms with Crippen LogP contribution < -0.4 is 10.6 Å². The van der Waals surface area contributed by atoms with Gasteiger partial charge in [0.1, 0.15) is 17.6 Å². The molecule has 2 unspecified atom stereocenters. The third kappa shape index (κ3) is 4.96. The molecule has 2 atom stereocenters. The van der Waals surface area contributed by atoms with Crippen molar-refractivity contribution in [3.63, 3.8) is 0 Å². The number of hydrogen-bond acceptors (Lipinski definition) is 7. The number of aromatic nitrogens is 4. The van der Waals surface area contributed by atoms with Crippen molar-refractivity contribution in [2.75, 3.05) is 17.2 Å². The lowest BCUT2D eigenvalue weighted by Crippen LogP contribution is -2.18. The first-order valence-corrected chi connectivity index (χ1v) is 12.1. The fourth-order valence-electron chi connectivity index (χ4n) is 4.04. The van der Waals surface area contributed by atoms with Gasteiger partial charge in [0.05, 0.1) is 41.4 Å². The molecule has 0 amide bonds. The second kappa shape index (κ2) is 10.1. The molecule has 4 aromatic rings. The van der Waals surface area contributed by atoms with E-state index in [0.29, 0.717) is 50.5 Å². The van der Waals surface area contributed by atoms with Crippen LogP contribution in [0, 0.1) is 17.1 Å². The van der Waals surface area contributed by atoms with Gasteiger partial charge in [0.25, 0.3) is 0 Å². The summed E-state index contributed by atoms with van der Waals surface area (Å²) in [5.74, 6) is -0.413. The Morgan fingerprint density at radius 2 is 2.08 bits per heavy atom. The number of aliphatic hydroxyl groups excluding tert-OH is 1. The average Bonchev–Trinajstić information content (AvgIpc) is 3.60. The molecule has 0 radical (unpaired) electrons. The van der Waals surface area contributed by atoms with E-state index in [2.05, 4.69) is 32.0 Å². The summed E-state index contributed by atoms with van der Waals surface area (Å²) in [6, 6.07) is 9.78. The summed E-state index contributed by atoms with van der Waals surface area (Å²) in [4.78, 5) is 4.37. The van der Waals surface area contributed by atoms with Crippen LogP contribution in [-0.4, -0.2) is 37.7 Å². The summed E-state index contributed by atoms with van der Waals surface area (Å²) >= 11 is 6.63. The van der Waals surface area contributed by atoms with Crippen molar-refractivity contribution in [3.05, 3.63) is 76.5 Å². The van der Waals surface area contributed by atoms with E-state index in [1.807, 2.05) is 6.92 Å². The van der Waals surface area contributed by atoms with Crippen LogP contribution in [0.15, 0.2) is 48.8 Å². The van der Waals surface area contributed by atoms with Gasteiger partial charge in [0.15, 0.2) is 0 Å². The molecule has 1 aliphatic rings. The summed E-state index contributed by atoms with van der Waals surface area (Å²) in [6.07, 6.45) is 5.70. The fourth-order valence-corrected chi connectivity index (χ4v) is 4.31. The second-order valence-corrected chi connectivity index (χ2v) is 9.30. The van der Waals surface area contributed by atoms with Gasteiger partial charge in [-0.1, -0.05) is 28.9 Å². The maximum absolute atomic E-state index is 13.7. The largest absolute Gasteiger partial charge is 0.396 e. The van der Waals surface area contributed by atoms with Gasteiger partial charge in [-0.25, -0.2) is 9.07 Å². The van der Waals surface area contributed by atoms with E-state index < -0.39 is 11.8 Å². The van der Waals surface area contributed by atoms with Gasteiger partial charge in [-0.05, 0) is 56.0 Å². The van der Waals surface area contributed by atoms with Gasteiger partial charge in [-0.2, -0.15) is 5.26 Å². The van der Waals surface area contributed by atoms with E-state index in [-0.39, 0.29) is 18.7 Å². The molecule has 0 aliphatic heterocycles. The quantitative estimate of drug-likeness (QED) is 0.285. The highest BCUT2D eigenvalue weighted by molar-refractivity contribution is 6.35. The molecule has 184 valence electrons. The van der Waals surface area contributed by atoms with E-state index >= 15 is 0 Å². The van der Waals surface area contributed by atoms with Crippen molar-refractivity contribution in [1.29, 1.82) is 5.26 Å². The predicted octanol–water partition coefficient (Wildman–Crippen LogP) is 5.21. The Morgan fingerprint density at radius 3 is 2.78 bits per heavy atom. The smallest absolute Gasteiger partial charge is 0.123 e. The van der Waals surface area contributed by atoms with Crippen molar-refractivity contribution in [2.45, 2.75) is 44.3 Å². The van der Waals surface area contributed by atoms with Gasteiger partial charge in [0.2, 0.25) is 0 Å². The number of pyridine rings is 1. The number of halogens is 2. The number of benzene rings is 2. The van der Waals surface area contributed by atoms with Crippen molar-refractivity contribution < 1.29 is 10.9 Å². The molecule has 2 aromatic heterocycles. The molecule has 3 N–H and O–H groups in total. The average molecular weight is 507 g/mol. The predicted molar refractivity (Wildman–Crippen MR) is 136 cm³/mol. The number of anilines is 2. The summed E-state index contributed by atoms with van der Waals surface area (Å²) < 4.78 is 25.0. The molecule has 0 saturated heterocycles. The van der Waals surface area contributed by atoms with Crippen LogP contribution in [0.25, 0.3) is 10.9 Å². The fraction of sp³-hybridized carbons (Fsp3) is 0.308. The first-order valence-electron chi connectivity index (χ1n) is 12.2. The minimum atomic E-state index is -1.62. The van der Waals surface area contributed by atoms with Crippen LogP contribution in [0.1, 0.15) is 56.4 Å². The Balaban J connectivity index is 1.62. The summed E-state index contributed by atoms with van der Waals surface area (Å²) in [6.45, 7) is 1.90.